The Morgan fingerprint density at radius 1 is 1.14 bits per heavy atom. The summed E-state index contributed by atoms with van der Waals surface area (Å²) in [4.78, 5) is 12.4. The Kier molecular flexibility index (Phi) is 9.64. The van der Waals surface area contributed by atoms with Gasteiger partial charge in [-0.3, -0.25) is 4.18 Å². The van der Waals surface area contributed by atoms with Crippen LogP contribution in [0, 0.1) is 5.92 Å². The quantitative estimate of drug-likeness (QED) is 0.418. The SMILES string of the molecule is C[C@@H](CN)[C@@H](O[Si](C)(C)C(C)(C)C)[C@@H](COS(C)(=O)=O)NC(=O)OC(C)(C)C. The van der Waals surface area contributed by atoms with Gasteiger partial charge in [0.25, 0.3) is 10.1 Å². The number of hydrogen-bond donors (Lipinski definition) is 2. The highest BCUT2D eigenvalue weighted by molar-refractivity contribution is 7.85. The van der Waals surface area contributed by atoms with Crippen molar-refractivity contribution in [2.45, 2.75) is 84.3 Å². The van der Waals surface area contributed by atoms with Crippen LogP contribution in [-0.4, -0.2) is 60.0 Å². The fraction of sp³-hybridized carbons (Fsp3) is 0.944. The summed E-state index contributed by atoms with van der Waals surface area (Å²) in [6.07, 6.45) is -0.226. The number of ether oxygens (including phenoxy) is 1. The van der Waals surface area contributed by atoms with Gasteiger partial charge >= 0.3 is 6.09 Å². The highest BCUT2D eigenvalue weighted by atomic mass is 32.2. The van der Waals surface area contributed by atoms with Crippen molar-refractivity contribution >= 4 is 24.5 Å². The first-order chi connectivity index (χ1) is 12.3. The molecule has 0 aromatic carbocycles. The summed E-state index contributed by atoms with van der Waals surface area (Å²) in [5, 5.41) is 2.65. The highest BCUT2D eigenvalue weighted by Gasteiger charge is 2.43. The average molecular weight is 441 g/mol. The van der Waals surface area contributed by atoms with Gasteiger partial charge in [0.05, 0.1) is 25.0 Å². The van der Waals surface area contributed by atoms with Gasteiger partial charge in [0.15, 0.2) is 8.32 Å². The maximum atomic E-state index is 12.4. The molecule has 8 nitrogen and oxygen atoms in total. The Morgan fingerprint density at radius 2 is 1.64 bits per heavy atom. The lowest BCUT2D eigenvalue weighted by molar-refractivity contribution is 0.0305. The van der Waals surface area contributed by atoms with E-state index in [1.165, 1.54) is 0 Å². The number of carbonyl (C=O) groups is 1. The Bertz CT molecular complexity index is 611. The predicted molar refractivity (Wildman–Crippen MR) is 114 cm³/mol. The van der Waals surface area contributed by atoms with Crippen molar-refractivity contribution in [1.82, 2.24) is 5.32 Å². The third kappa shape index (κ3) is 10.2. The molecule has 0 aliphatic heterocycles. The zero-order valence-electron chi connectivity index (χ0n) is 19.1. The van der Waals surface area contributed by atoms with Gasteiger partial charge in [-0.15, -0.1) is 0 Å². The zero-order chi connectivity index (χ0) is 22.6. The van der Waals surface area contributed by atoms with E-state index < -0.39 is 42.3 Å². The van der Waals surface area contributed by atoms with E-state index in [9.17, 15) is 13.2 Å². The number of carbonyl (C=O) groups excluding carboxylic acids is 1. The minimum absolute atomic E-state index is 0.0757. The number of nitrogens with two attached hydrogens (primary N) is 1. The van der Waals surface area contributed by atoms with Crippen molar-refractivity contribution < 1.29 is 26.6 Å². The normalized spacial score (nSPS) is 17.0. The molecular weight excluding hydrogens is 400 g/mol. The zero-order valence-corrected chi connectivity index (χ0v) is 20.9. The summed E-state index contributed by atoms with van der Waals surface area (Å²) in [5.41, 5.74) is 5.19. The molecule has 3 atom stereocenters. The Morgan fingerprint density at radius 3 is 2.00 bits per heavy atom. The molecule has 0 aliphatic rings. The third-order valence-corrected chi connectivity index (χ3v) is 9.77. The van der Waals surface area contributed by atoms with Crippen molar-refractivity contribution in [2.75, 3.05) is 19.4 Å². The smallest absolute Gasteiger partial charge is 0.408 e. The van der Waals surface area contributed by atoms with Crippen molar-refractivity contribution in [3.8, 4) is 0 Å². The molecule has 3 N–H and O–H groups in total. The van der Waals surface area contributed by atoms with E-state index in [2.05, 4.69) is 39.2 Å². The molecule has 0 saturated heterocycles. The lowest BCUT2D eigenvalue weighted by atomic mass is 9.98. The van der Waals surface area contributed by atoms with Gasteiger partial charge in [0.2, 0.25) is 0 Å². The number of amides is 1. The van der Waals surface area contributed by atoms with Crippen LogP contribution < -0.4 is 11.1 Å². The topological polar surface area (TPSA) is 117 Å². The molecule has 0 aromatic rings. The molecule has 0 heterocycles. The molecule has 28 heavy (non-hydrogen) atoms. The van der Waals surface area contributed by atoms with Gasteiger partial charge in [0, 0.05) is 0 Å². The van der Waals surface area contributed by atoms with Crippen molar-refractivity contribution in [1.29, 1.82) is 0 Å². The second-order valence-electron chi connectivity index (χ2n) is 9.80. The van der Waals surface area contributed by atoms with E-state index in [0.29, 0.717) is 6.54 Å². The molecule has 0 rings (SSSR count). The highest BCUT2D eigenvalue weighted by Crippen LogP contribution is 2.38. The van der Waals surface area contributed by atoms with E-state index >= 15 is 0 Å². The fourth-order valence-electron chi connectivity index (χ4n) is 2.12. The van der Waals surface area contributed by atoms with Gasteiger partial charge in [-0.25, -0.2) is 4.79 Å². The minimum atomic E-state index is -3.70. The molecular formula is C18H40N2O6SSi. The van der Waals surface area contributed by atoms with Crippen LogP contribution in [0.5, 0.6) is 0 Å². The molecule has 0 aromatic heterocycles. The molecule has 0 radical (unpaired) electrons. The molecule has 10 heteroatoms. The first kappa shape index (κ1) is 27.3. The number of hydrogen-bond acceptors (Lipinski definition) is 7. The van der Waals surface area contributed by atoms with E-state index in [1.54, 1.807) is 20.8 Å². The largest absolute Gasteiger partial charge is 0.444 e. The van der Waals surface area contributed by atoms with Gasteiger partial charge in [-0.2, -0.15) is 8.42 Å². The Labute approximate surface area is 172 Å². The van der Waals surface area contributed by atoms with Crippen LogP contribution in [0.2, 0.25) is 18.1 Å². The van der Waals surface area contributed by atoms with E-state index in [-0.39, 0.29) is 17.6 Å². The summed E-state index contributed by atoms with van der Waals surface area (Å²) in [7, 11) is -5.93. The van der Waals surface area contributed by atoms with E-state index in [1.807, 2.05) is 6.92 Å². The van der Waals surface area contributed by atoms with Crippen LogP contribution in [0.3, 0.4) is 0 Å². The minimum Gasteiger partial charge on any atom is -0.444 e. The van der Waals surface area contributed by atoms with E-state index in [0.717, 1.165) is 6.26 Å². The summed E-state index contributed by atoms with van der Waals surface area (Å²) >= 11 is 0. The molecule has 0 bridgehead atoms. The molecule has 0 fully saturated rings. The van der Waals surface area contributed by atoms with Crippen molar-refractivity contribution in [2.24, 2.45) is 11.7 Å². The van der Waals surface area contributed by atoms with Gasteiger partial charge in [0.1, 0.15) is 5.60 Å². The summed E-state index contributed by atoms with van der Waals surface area (Å²) in [6, 6.07) is -0.739. The lowest BCUT2D eigenvalue weighted by Crippen LogP contribution is -2.57. The summed E-state index contributed by atoms with van der Waals surface area (Å²) in [6.45, 7) is 17.7. The summed E-state index contributed by atoms with van der Waals surface area (Å²) < 4.78 is 39.9. The second-order valence-corrected chi connectivity index (χ2v) is 16.2. The van der Waals surface area contributed by atoms with Gasteiger partial charge < -0.3 is 20.2 Å². The second kappa shape index (κ2) is 9.88. The van der Waals surface area contributed by atoms with Crippen molar-refractivity contribution in [3.63, 3.8) is 0 Å². The standard InChI is InChI=1S/C18H40N2O6SSi/c1-13(11-19)15(26-28(9,10)18(5,6)7)14(12-24-27(8,22)23)20-16(21)25-17(2,3)4/h13-15H,11-12,19H2,1-10H3,(H,20,21)/t13-,14+,15+/m0/s1. The fourth-order valence-corrected chi connectivity index (χ4v) is 3.94. The third-order valence-electron chi connectivity index (χ3n) is 4.73. The molecule has 1 amide bonds. The van der Waals surface area contributed by atoms with E-state index in [4.69, 9.17) is 19.1 Å². The maximum Gasteiger partial charge on any atom is 0.408 e. The molecule has 0 spiro atoms. The average Bonchev–Trinajstić information content (AvgIpc) is 2.44. The number of rotatable bonds is 9. The number of alkyl carbamates (subject to hydrolysis) is 1. The predicted octanol–water partition coefficient (Wildman–Crippen LogP) is 2.84. The maximum absolute atomic E-state index is 12.4. The monoisotopic (exact) mass is 440 g/mol. The first-order valence-corrected chi connectivity index (χ1v) is 14.2. The molecule has 168 valence electrons. The van der Waals surface area contributed by atoms with Gasteiger partial charge in [-0.1, -0.05) is 27.7 Å². The molecule has 0 aliphatic carbocycles. The molecule has 0 saturated carbocycles. The Balaban J connectivity index is 5.78. The van der Waals surface area contributed by atoms with Crippen LogP contribution in [0.15, 0.2) is 0 Å². The van der Waals surface area contributed by atoms with Crippen LogP contribution in [0.25, 0.3) is 0 Å². The van der Waals surface area contributed by atoms with Crippen LogP contribution >= 0.6 is 0 Å². The summed E-state index contributed by atoms with van der Waals surface area (Å²) in [5.74, 6) is -0.141. The van der Waals surface area contributed by atoms with Crippen LogP contribution in [-0.2, 0) is 23.5 Å². The van der Waals surface area contributed by atoms with Crippen molar-refractivity contribution in [3.05, 3.63) is 0 Å². The van der Waals surface area contributed by atoms with Crippen LogP contribution in [0.1, 0.15) is 48.5 Å². The van der Waals surface area contributed by atoms with Crippen LogP contribution in [0.4, 0.5) is 4.79 Å². The Hall–Kier alpha value is -0.683. The molecule has 0 unspecified atom stereocenters. The lowest BCUT2D eigenvalue weighted by Gasteiger charge is -2.43. The number of nitrogens with one attached hydrogen (secondary N) is 1. The van der Waals surface area contributed by atoms with Gasteiger partial charge in [-0.05, 0) is 51.4 Å². The first-order valence-electron chi connectivity index (χ1n) is 9.51.